The molecule has 1 N–H and O–H groups in total. The molecule has 2 amide bonds. The van der Waals surface area contributed by atoms with Gasteiger partial charge in [-0.05, 0) is 30.4 Å². The third-order valence-corrected chi connectivity index (χ3v) is 4.33. The van der Waals surface area contributed by atoms with E-state index in [1.54, 1.807) is 11.0 Å². The minimum atomic E-state index is -0.570. The van der Waals surface area contributed by atoms with Gasteiger partial charge in [0, 0.05) is 33.0 Å². The van der Waals surface area contributed by atoms with E-state index in [1.807, 2.05) is 0 Å². The molecule has 8 heteroatoms. The first-order chi connectivity index (χ1) is 10.8. The Hall–Kier alpha value is -2.15. The van der Waals surface area contributed by atoms with E-state index >= 15 is 0 Å². The Morgan fingerprint density at radius 2 is 1.91 bits per heavy atom. The van der Waals surface area contributed by atoms with E-state index in [2.05, 4.69) is 5.32 Å². The molecular weight excluding hydrogens is 322 g/mol. The molecule has 1 aliphatic heterocycles. The van der Waals surface area contributed by atoms with Gasteiger partial charge in [-0.2, -0.15) is 0 Å². The summed E-state index contributed by atoms with van der Waals surface area (Å²) in [5, 5.41) is 13.9. The van der Waals surface area contributed by atoms with Crippen molar-refractivity contribution in [3.8, 4) is 0 Å². The average Bonchev–Trinajstić information content (AvgIpc) is 2.48. The second-order valence-corrected chi connectivity index (χ2v) is 6.02. The molecule has 0 saturated carbocycles. The number of carbonyl (C=O) groups excluding carboxylic acids is 2. The van der Waals surface area contributed by atoms with Crippen LogP contribution in [-0.2, 0) is 9.59 Å². The maximum atomic E-state index is 11.4. The van der Waals surface area contributed by atoms with Crippen molar-refractivity contribution in [2.45, 2.75) is 32.6 Å². The fourth-order valence-corrected chi connectivity index (χ4v) is 3.15. The summed E-state index contributed by atoms with van der Waals surface area (Å²) in [6.07, 6.45) is 1.47. The number of nitro benzene ring substituents is 1. The number of halogens is 1. The lowest BCUT2D eigenvalue weighted by molar-refractivity contribution is -0.383. The van der Waals surface area contributed by atoms with Crippen LogP contribution in [0.25, 0.3) is 0 Å². The Morgan fingerprint density at radius 1 is 1.30 bits per heavy atom. The normalized spacial score (nSPS) is 15.3. The number of amides is 2. The van der Waals surface area contributed by atoms with Crippen molar-refractivity contribution in [3.63, 3.8) is 0 Å². The zero-order valence-electron chi connectivity index (χ0n) is 13.0. The summed E-state index contributed by atoms with van der Waals surface area (Å²) in [5.74, 6) is -0.239. The standard InChI is InChI=1S/C15H18ClN3O4/c1-9(20)17-14-7-12(13(16)8-15(14)19(22)23)11-3-5-18(6-4-11)10(2)21/h7-8,11H,3-6H2,1-2H3,(H,17,20). The van der Waals surface area contributed by atoms with Gasteiger partial charge >= 0.3 is 0 Å². The molecule has 2 rings (SSSR count). The predicted octanol–water partition coefficient (Wildman–Crippen LogP) is 2.93. The Morgan fingerprint density at radius 3 is 2.39 bits per heavy atom. The van der Waals surface area contributed by atoms with Crippen molar-refractivity contribution in [1.29, 1.82) is 0 Å². The molecule has 0 spiro atoms. The van der Waals surface area contributed by atoms with E-state index in [4.69, 9.17) is 11.6 Å². The maximum Gasteiger partial charge on any atom is 0.294 e. The second kappa shape index (κ2) is 6.95. The van der Waals surface area contributed by atoms with Crippen LogP contribution in [0.3, 0.4) is 0 Å². The molecule has 1 aromatic carbocycles. The zero-order valence-corrected chi connectivity index (χ0v) is 13.7. The number of anilines is 1. The van der Waals surface area contributed by atoms with Crippen LogP contribution in [0.5, 0.6) is 0 Å². The van der Waals surface area contributed by atoms with Crippen LogP contribution >= 0.6 is 11.6 Å². The van der Waals surface area contributed by atoms with E-state index in [0.29, 0.717) is 18.1 Å². The lowest BCUT2D eigenvalue weighted by Gasteiger charge is -2.32. The number of carbonyl (C=O) groups is 2. The molecule has 1 saturated heterocycles. The number of benzene rings is 1. The third-order valence-electron chi connectivity index (χ3n) is 4.00. The van der Waals surface area contributed by atoms with E-state index < -0.39 is 4.92 Å². The summed E-state index contributed by atoms with van der Waals surface area (Å²) in [5.41, 5.74) is 0.690. The van der Waals surface area contributed by atoms with Gasteiger partial charge in [0.25, 0.3) is 5.69 Å². The number of hydrogen-bond acceptors (Lipinski definition) is 4. The highest BCUT2D eigenvalue weighted by molar-refractivity contribution is 6.31. The summed E-state index contributed by atoms with van der Waals surface area (Å²) in [4.78, 5) is 35.0. The van der Waals surface area contributed by atoms with Crippen LogP contribution < -0.4 is 5.32 Å². The first-order valence-corrected chi connectivity index (χ1v) is 7.68. The number of likely N-dealkylation sites (tertiary alicyclic amines) is 1. The Labute approximate surface area is 138 Å². The topological polar surface area (TPSA) is 92.6 Å². The number of nitro groups is 1. The van der Waals surface area contributed by atoms with Gasteiger partial charge in [0.05, 0.1) is 9.95 Å². The van der Waals surface area contributed by atoms with Gasteiger partial charge in [0.15, 0.2) is 0 Å². The van der Waals surface area contributed by atoms with Crippen molar-refractivity contribution in [2.24, 2.45) is 0 Å². The molecule has 7 nitrogen and oxygen atoms in total. The highest BCUT2D eigenvalue weighted by Crippen LogP contribution is 2.38. The molecule has 1 fully saturated rings. The van der Waals surface area contributed by atoms with Gasteiger partial charge in [-0.25, -0.2) is 0 Å². The van der Waals surface area contributed by atoms with Gasteiger partial charge in [0.1, 0.15) is 5.69 Å². The van der Waals surface area contributed by atoms with Gasteiger partial charge in [-0.1, -0.05) is 11.6 Å². The molecule has 0 aromatic heterocycles. The molecule has 1 aliphatic rings. The van der Waals surface area contributed by atoms with Crippen LogP contribution in [0.15, 0.2) is 12.1 Å². The number of rotatable bonds is 3. The molecular formula is C15H18ClN3O4. The van der Waals surface area contributed by atoms with Crippen molar-refractivity contribution in [1.82, 2.24) is 4.90 Å². The Kier molecular flexibility index (Phi) is 5.20. The highest BCUT2D eigenvalue weighted by atomic mass is 35.5. The molecule has 0 unspecified atom stereocenters. The number of nitrogens with one attached hydrogen (secondary N) is 1. The number of piperidine rings is 1. The lowest BCUT2D eigenvalue weighted by atomic mass is 9.88. The monoisotopic (exact) mass is 339 g/mol. The van der Waals surface area contributed by atoms with Gasteiger partial charge < -0.3 is 10.2 Å². The molecule has 0 radical (unpaired) electrons. The fraction of sp³-hybridized carbons (Fsp3) is 0.467. The smallest absolute Gasteiger partial charge is 0.294 e. The molecule has 1 heterocycles. The summed E-state index contributed by atoms with van der Waals surface area (Å²) < 4.78 is 0. The van der Waals surface area contributed by atoms with Crippen molar-refractivity contribution in [3.05, 3.63) is 32.8 Å². The lowest BCUT2D eigenvalue weighted by Crippen LogP contribution is -2.36. The van der Waals surface area contributed by atoms with Gasteiger partial charge in [-0.3, -0.25) is 19.7 Å². The van der Waals surface area contributed by atoms with E-state index in [0.717, 1.165) is 18.4 Å². The van der Waals surface area contributed by atoms with Gasteiger partial charge in [-0.15, -0.1) is 0 Å². The molecule has 0 bridgehead atoms. The first-order valence-electron chi connectivity index (χ1n) is 7.30. The van der Waals surface area contributed by atoms with Crippen LogP contribution in [-0.4, -0.2) is 34.7 Å². The van der Waals surface area contributed by atoms with Crippen LogP contribution in [0.1, 0.15) is 38.2 Å². The SMILES string of the molecule is CC(=O)Nc1cc(C2CCN(C(C)=O)CC2)c(Cl)cc1[N+](=O)[O-]. The number of hydrogen-bond donors (Lipinski definition) is 1. The quantitative estimate of drug-likeness (QED) is 0.676. The Bertz CT molecular complexity index is 654. The molecule has 0 aliphatic carbocycles. The average molecular weight is 340 g/mol. The van der Waals surface area contributed by atoms with Crippen molar-refractivity contribution >= 4 is 34.8 Å². The van der Waals surface area contributed by atoms with Crippen molar-refractivity contribution < 1.29 is 14.5 Å². The minimum absolute atomic E-state index is 0.0391. The first kappa shape index (κ1) is 17.2. The zero-order chi connectivity index (χ0) is 17.1. The minimum Gasteiger partial charge on any atom is -0.343 e. The van der Waals surface area contributed by atoms with Crippen molar-refractivity contribution in [2.75, 3.05) is 18.4 Å². The van der Waals surface area contributed by atoms with Crippen LogP contribution in [0, 0.1) is 10.1 Å². The maximum absolute atomic E-state index is 11.4. The largest absolute Gasteiger partial charge is 0.343 e. The molecule has 1 aromatic rings. The van der Waals surface area contributed by atoms with E-state index in [-0.39, 0.29) is 29.1 Å². The molecule has 23 heavy (non-hydrogen) atoms. The molecule has 124 valence electrons. The van der Waals surface area contributed by atoms with Crippen LogP contribution in [0.2, 0.25) is 5.02 Å². The predicted molar refractivity (Wildman–Crippen MR) is 86.6 cm³/mol. The summed E-state index contributed by atoms with van der Waals surface area (Å²) in [7, 11) is 0. The van der Waals surface area contributed by atoms with Gasteiger partial charge in [0.2, 0.25) is 11.8 Å². The summed E-state index contributed by atoms with van der Waals surface area (Å²) in [6, 6.07) is 2.86. The fourth-order valence-electron chi connectivity index (χ4n) is 2.84. The summed E-state index contributed by atoms with van der Waals surface area (Å²) in [6.45, 7) is 4.09. The highest BCUT2D eigenvalue weighted by Gasteiger charge is 2.26. The molecule has 0 atom stereocenters. The third kappa shape index (κ3) is 3.98. The Balaban J connectivity index is 2.30. The van der Waals surface area contributed by atoms with E-state index in [1.165, 1.54) is 19.9 Å². The second-order valence-electron chi connectivity index (χ2n) is 5.61. The van der Waals surface area contributed by atoms with E-state index in [9.17, 15) is 19.7 Å². The summed E-state index contributed by atoms with van der Waals surface area (Å²) >= 11 is 6.22. The van der Waals surface area contributed by atoms with Crippen LogP contribution in [0.4, 0.5) is 11.4 Å². The number of nitrogens with zero attached hydrogens (tertiary/aromatic N) is 2.